The van der Waals surface area contributed by atoms with Crippen molar-refractivity contribution in [1.29, 1.82) is 0 Å². The van der Waals surface area contributed by atoms with Crippen LogP contribution in [0.15, 0.2) is 17.6 Å². The van der Waals surface area contributed by atoms with Crippen molar-refractivity contribution in [3.8, 4) is 0 Å². The summed E-state index contributed by atoms with van der Waals surface area (Å²) < 4.78 is 0.728. The number of nitro groups is 1. The second kappa shape index (κ2) is 6.04. The van der Waals surface area contributed by atoms with Gasteiger partial charge in [0.15, 0.2) is 5.52 Å². The Hall–Kier alpha value is -2.22. The minimum absolute atomic E-state index is 0.0202. The SMILES string of the molecule is CC(C)C(CC(=O)O)Nc1ccc2scnc2c1[N+](=O)[O-]. The van der Waals surface area contributed by atoms with Crippen LogP contribution in [0.2, 0.25) is 0 Å². The van der Waals surface area contributed by atoms with Gasteiger partial charge in [0.1, 0.15) is 5.69 Å². The van der Waals surface area contributed by atoms with Crippen LogP contribution >= 0.6 is 11.3 Å². The first-order valence-corrected chi connectivity index (χ1v) is 7.27. The topological polar surface area (TPSA) is 105 Å². The van der Waals surface area contributed by atoms with Crippen molar-refractivity contribution in [2.75, 3.05) is 5.32 Å². The average Bonchev–Trinajstić information content (AvgIpc) is 2.84. The predicted molar refractivity (Wildman–Crippen MR) is 80.8 cm³/mol. The van der Waals surface area contributed by atoms with Crippen LogP contribution in [0.4, 0.5) is 11.4 Å². The fraction of sp³-hybridized carbons (Fsp3) is 0.385. The Morgan fingerprint density at radius 2 is 2.24 bits per heavy atom. The number of fused-ring (bicyclic) bond motifs is 1. The molecule has 21 heavy (non-hydrogen) atoms. The Morgan fingerprint density at radius 3 is 2.81 bits per heavy atom. The van der Waals surface area contributed by atoms with E-state index in [1.165, 1.54) is 11.3 Å². The van der Waals surface area contributed by atoms with Crippen molar-refractivity contribution in [2.24, 2.45) is 5.92 Å². The number of carbonyl (C=O) groups is 1. The number of benzene rings is 1. The van der Waals surface area contributed by atoms with Gasteiger partial charge in [0.05, 0.1) is 21.6 Å². The number of nitro benzene ring substituents is 1. The summed E-state index contributed by atoms with van der Waals surface area (Å²) >= 11 is 1.33. The highest BCUT2D eigenvalue weighted by Crippen LogP contribution is 2.35. The zero-order chi connectivity index (χ0) is 15.6. The summed E-state index contributed by atoms with van der Waals surface area (Å²) in [7, 11) is 0. The van der Waals surface area contributed by atoms with Crippen LogP contribution in [0.1, 0.15) is 20.3 Å². The number of rotatable bonds is 6. The minimum atomic E-state index is -0.946. The first-order valence-electron chi connectivity index (χ1n) is 6.39. The molecule has 0 amide bonds. The molecule has 0 radical (unpaired) electrons. The molecule has 2 aromatic rings. The zero-order valence-corrected chi connectivity index (χ0v) is 12.4. The van der Waals surface area contributed by atoms with E-state index in [9.17, 15) is 14.9 Å². The van der Waals surface area contributed by atoms with Gasteiger partial charge >= 0.3 is 11.7 Å². The lowest BCUT2D eigenvalue weighted by atomic mass is 10.0. The first-order chi connectivity index (χ1) is 9.90. The third-order valence-corrected chi connectivity index (χ3v) is 3.99. The summed E-state index contributed by atoms with van der Waals surface area (Å²) in [4.78, 5) is 25.8. The van der Waals surface area contributed by atoms with E-state index in [2.05, 4.69) is 10.3 Å². The van der Waals surface area contributed by atoms with Crippen LogP contribution in [0, 0.1) is 16.0 Å². The van der Waals surface area contributed by atoms with Crippen molar-refractivity contribution in [3.63, 3.8) is 0 Å². The number of carboxylic acid groups (broad SMARTS) is 1. The zero-order valence-electron chi connectivity index (χ0n) is 11.6. The molecule has 2 N–H and O–H groups in total. The summed E-state index contributed by atoms with van der Waals surface area (Å²) in [5, 5.41) is 23.2. The van der Waals surface area contributed by atoms with Crippen molar-refractivity contribution >= 4 is 38.9 Å². The van der Waals surface area contributed by atoms with Crippen molar-refractivity contribution in [2.45, 2.75) is 26.3 Å². The van der Waals surface area contributed by atoms with Gasteiger partial charge in [-0.15, -0.1) is 11.3 Å². The molecule has 8 heteroatoms. The number of thiazole rings is 1. The molecule has 1 aromatic carbocycles. The molecule has 0 saturated carbocycles. The number of nitrogens with one attached hydrogen (secondary N) is 1. The van der Waals surface area contributed by atoms with Crippen molar-refractivity contribution in [1.82, 2.24) is 4.98 Å². The van der Waals surface area contributed by atoms with E-state index < -0.39 is 16.9 Å². The minimum Gasteiger partial charge on any atom is -0.481 e. The fourth-order valence-electron chi connectivity index (χ4n) is 2.06. The lowest BCUT2D eigenvalue weighted by Crippen LogP contribution is -2.28. The number of hydrogen-bond donors (Lipinski definition) is 2. The molecule has 0 aliphatic heterocycles. The highest BCUT2D eigenvalue weighted by molar-refractivity contribution is 7.16. The van der Waals surface area contributed by atoms with Gasteiger partial charge < -0.3 is 10.4 Å². The van der Waals surface area contributed by atoms with Gasteiger partial charge in [0.2, 0.25) is 0 Å². The number of nitrogens with zero attached hydrogens (tertiary/aromatic N) is 2. The monoisotopic (exact) mass is 309 g/mol. The van der Waals surface area contributed by atoms with E-state index in [0.717, 1.165) is 4.70 Å². The predicted octanol–water partition coefficient (Wildman–Crippen LogP) is 3.12. The molecule has 7 nitrogen and oxygen atoms in total. The molecular formula is C13H15N3O4S. The molecule has 0 bridgehead atoms. The summed E-state index contributed by atoms with van der Waals surface area (Å²) in [6.07, 6.45) is -0.107. The lowest BCUT2D eigenvalue weighted by Gasteiger charge is -2.21. The molecule has 1 heterocycles. The van der Waals surface area contributed by atoms with Crippen LogP contribution in [0.25, 0.3) is 10.2 Å². The van der Waals surface area contributed by atoms with E-state index >= 15 is 0 Å². The number of aliphatic carboxylic acids is 1. The molecule has 1 atom stereocenters. The second-order valence-electron chi connectivity index (χ2n) is 5.01. The maximum atomic E-state index is 11.3. The second-order valence-corrected chi connectivity index (χ2v) is 5.90. The van der Waals surface area contributed by atoms with E-state index in [-0.39, 0.29) is 18.0 Å². The van der Waals surface area contributed by atoms with Crippen molar-refractivity contribution in [3.05, 3.63) is 27.8 Å². The third-order valence-electron chi connectivity index (χ3n) is 3.20. The van der Waals surface area contributed by atoms with Gasteiger partial charge in [-0.2, -0.15) is 0 Å². The quantitative estimate of drug-likeness (QED) is 0.627. The van der Waals surface area contributed by atoms with Crippen molar-refractivity contribution < 1.29 is 14.8 Å². The summed E-state index contributed by atoms with van der Waals surface area (Å²) in [5.41, 5.74) is 2.08. The molecule has 1 unspecified atom stereocenters. The largest absolute Gasteiger partial charge is 0.481 e. The van der Waals surface area contributed by atoms with Crippen LogP contribution in [-0.2, 0) is 4.79 Å². The molecule has 2 rings (SSSR count). The van der Waals surface area contributed by atoms with Gasteiger partial charge in [-0.25, -0.2) is 4.98 Å². The Morgan fingerprint density at radius 1 is 1.52 bits per heavy atom. The normalized spacial score (nSPS) is 12.5. The number of anilines is 1. The Labute approximate surface area is 124 Å². The maximum absolute atomic E-state index is 11.3. The highest BCUT2D eigenvalue weighted by atomic mass is 32.1. The van der Waals surface area contributed by atoms with Crippen LogP contribution in [0.5, 0.6) is 0 Å². The smallest absolute Gasteiger partial charge is 0.319 e. The van der Waals surface area contributed by atoms with E-state index in [0.29, 0.717) is 11.2 Å². The molecular weight excluding hydrogens is 294 g/mol. The summed E-state index contributed by atoms with van der Waals surface area (Å²) in [5.74, 6) is -0.926. The van der Waals surface area contributed by atoms with E-state index in [1.54, 1.807) is 17.6 Å². The van der Waals surface area contributed by atoms with Gasteiger partial charge in [-0.3, -0.25) is 14.9 Å². The molecule has 0 aliphatic carbocycles. The fourth-order valence-corrected chi connectivity index (χ4v) is 2.74. The third kappa shape index (κ3) is 3.27. The van der Waals surface area contributed by atoms with Crippen LogP contribution < -0.4 is 5.32 Å². The molecule has 0 saturated heterocycles. The molecule has 0 aliphatic rings. The Kier molecular flexibility index (Phi) is 4.37. The molecule has 0 fully saturated rings. The Bertz CT molecular complexity index is 683. The molecule has 112 valence electrons. The van der Waals surface area contributed by atoms with Gasteiger partial charge in [-0.05, 0) is 18.1 Å². The molecule has 0 spiro atoms. The van der Waals surface area contributed by atoms with Gasteiger partial charge in [-0.1, -0.05) is 13.8 Å². The standard InChI is InChI=1S/C13H15N3O4S/c1-7(2)9(5-11(17)18)15-8-3-4-10-12(14-6-21-10)13(8)16(19)20/h3-4,6-7,9,15H,5H2,1-2H3,(H,17,18). The average molecular weight is 309 g/mol. The first kappa shape index (κ1) is 15.2. The summed E-state index contributed by atoms with van der Waals surface area (Å²) in [6, 6.07) is 2.97. The Balaban J connectivity index is 2.42. The van der Waals surface area contributed by atoms with Gasteiger partial charge in [0.25, 0.3) is 0 Å². The lowest BCUT2D eigenvalue weighted by molar-refractivity contribution is -0.382. The van der Waals surface area contributed by atoms with E-state index in [1.807, 2.05) is 13.8 Å². The van der Waals surface area contributed by atoms with Crippen LogP contribution in [-0.4, -0.2) is 27.0 Å². The maximum Gasteiger partial charge on any atom is 0.319 e. The number of aromatic nitrogens is 1. The highest BCUT2D eigenvalue weighted by Gasteiger charge is 2.24. The number of hydrogen-bond acceptors (Lipinski definition) is 6. The van der Waals surface area contributed by atoms with E-state index in [4.69, 9.17) is 5.11 Å². The molecule has 1 aromatic heterocycles. The van der Waals surface area contributed by atoms with Crippen LogP contribution in [0.3, 0.4) is 0 Å². The number of carboxylic acids is 1. The van der Waals surface area contributed by atoms with Gasteiger partial charge in [0, 0.05) is 6.04 Å². The summed E-state index contributed by atoms with van der Waals surface area (Å²) in [6.45, 7) is 3.74.